The topological polar surface area (TPSA) is 88.1 Å². The van der Waals surface area contributed by atoms with E-state index in [4.69, 9.17) is 28.4 Å². The van der Waals surface area contributed by atoms with Gasteiger partial charge in [-0.1, -0.05) is 26.8 Å². The van der Waals surface area contributed by atoms with Crippen LogP contribution in [-0.4, -0.2) is 64.2 Å². The Labute approximate surface area is 266 Å². The Morgan fingerprint density at radius 2 is 1.60 bits per heavy atom. The van der Waals surface area contributed by atoms with Gasteiger partial charge in [-0.3, -0.25) is 9.79 Å². The molecule has 0 saturated carbocycles. The van der Waals surface area contributed by atoms with E-state index in [1.54, 1.807) is 33.5 Å². The summed E-state index contributed by atoms with van der Waals surface area (Å²) in [6.45, 7) is 10.2. The van der Waals surface area contributed by atoms with Crippen molar-refractivity contribution in [3.63, 3.8) is 0 Å². The first-order chi connectivity index (χ1) is 21.7. The van der Waals surface area contributed by atoms with Crippen LogP contribution in [0.15, 0.2) is 53.5 Å². The molecule has 3 aromatic rings. The molecule has 45 heavy (non-hydrogen) atoms. The van der Waals surface area contributed by atoms with E-state index in [0.717, 1.165) is 37.1 Å². The van der Waals surface area contributed by atoms with Crippen molar-refractivity contribution in [2.45, 2.75) is 53.0 Å². The normalized spacial score (nSPS) is 16.4. The van der Waals surface area contributed by atoms with Crippen LogP contribution in [0.3, 0.4) is 0 Å². The van der Waals surface area contributed by atoms with Crippen LogP contribution in [0.5, 0.6) is 40.2 Å². The third-order valence-corrected chi connectivity index (χ3v) is 8.85. The summed E-state index contributed by atoms with van der Waals surface area (Å²) in [5, 5.41) is 0. The number of ether oxygens (including phenoxy) is 6. The Hall–Kier alpha value is -4.40. The number of rotatable bonds is 13. The summed E-state index contributed by atoms with van der Waals surface area (Å²) in [7, 11) is 4.80. The van der Waals surface area contributed by atoms with E-state index in [0.29, 0.717) is 59.0 Å². The number of benzene rings is 3. The van der Waals surface area contributed by atoms with Gasteiger partial charge < -0.3 is 33.3 Å². The van der Waals surface area contributed by atoms with E-state index in [9.17, 15) is 4.79 Å². The van der Waals surface area contributed by atoms with E-state index in [-0.39, 0.29) is 23.3 Å². The van der Waals surface area contributed by atoms with Gasteiger partial charge in [-0.05, 0) is 56.0 Å². The van der Waals surface area contributed by atoms with Crippen molar-refractivity contribution in [2.75, 3.05) is 41.1 Å². The van der Waals surface area contributed by atoms with Crippen LogP contribution in [0, 0.1) is 18.3 Å². The molecule has 0 spiro atoms. The molecular weight excluding hydrogens is 572 g/mol. The van der Waals surface area contributed by atoms with Crippen LogP contribution in [0.1, 0.15) is 56.0 Å². The lowest BCUT2D eigenvalue weighted by molar-refractivity contribution is 0.0709. The molecular formula is C36H44N2O7. The van der Waals surface area contributed by atoms with Crippen molar-refractivity contribution in [1.29, 1.82) is 0 Å². The fraction of sp³-hybridized carbons (Fsp3) is 0.444. The van der Waals surface area contributed by atoms with Crippen molar-refractivity contribution in [1.82, 2.24) is 4.90 Å². The largest absolute Gasteiger partial charge is 0.493 e. The zero-order chi connectivity index (χ0) is 32.1. The van der Waals surface area contributed by atoms with Crippen LogP contribution in [0.25, 0.3) is 0 Å². The van der Waals surface area contributed by atoms with E-state index < -0.39 is 0 Å². The van der Waals surface area contributed by atoms with Crippen molar-refractivity contribution < 1.29 is 33.2 Å². The predicted molar refractivity (Wildman–Crippen MR) is 175 cm³/mol. The molecule has 1 saturated heterocycles. The van der Waals surface area contributed by atoms with Gasteiger partial charge in [0, 0.05) is 42.3 Å². The molecule has 0 aromatic heterocycles. The quantitative estimate of drug-likeness (QED) is 0.195. The van der Waals surface area contributed by atoms with Gasteiger partial charge in [-0.2, -0.15) is 0 Å². The molecule has 1 fully saturated rings. The van der Waals surface area contributed by atoms with Gasteiger partial charge in [-0.15, -0.1) is 0 Å². The lowest BCUT2D eigenvalue weighted by Gasteiger charge is -2.33. The Morgan fingerprint density at radius 1 is 0.889 bits per heavy atom. The minimum absolute atomic E-state index is 0.00763. The highest BCUT2D eigenvalue weighted by molar-refractivity contribution is 6.03. The van der Waals surface area contributed by atoms with Gasteiger partial charge in [0.05, 0.1) is 51.8 Å². The smallest absolute Gasteiger partial charge is 0.256 e. The Morgan fingerprint density at radius 3 is 2.33 bits per heavy atom. The molecule has 2 unspecified atom stereocenters. The number of methoxy groups -OCH3 is 3. The molecule has 1 amide bonds. The lowest BCUT2D eigenvalue weighted by atomic mass is 9.78. The second kappa shape index (κ2) is 13.7. The van der Waals surface area contributed by atoms with E-state index >= 15 is 0 Å². The second-order valence-corrected chi connectivity index (χ2v) is 12.2. The number of amides is 1. The van der Waals surface area contributed by atoms with Gasteiger partial charge >= 0.3 is 0 Å². The second-order valence-electron chi connectivity index (χ2n) is 12.2. The minimum Gasteiger partial charge on any atom is -0.493 e. The first-order valence-corrected chi connectivity index (χ1v) is 15.5. The molecule has 0 aliphatic carbocycles. The van der Waals surface area contributed by atoms with Crippen LogP contribution in [0.2, 0.25) is 0 Å². The average molecular weight is 617 g/mol. The van der Waals surface area contributed by atoms with Gasteiger partial charge in [-0.25, -0.2) is 0 Å². The highest BCUT2D eigenvalue weighted by Gasteiger charge is 2.34. The Bertz CT molecular complexity index is 1550. The fourth-order valence-corrected chi connectivity index (χ4v) is 5.88. The van der Waals surface area contributed by atoms with Crippen molar-refractivity contribution >= 4 is 17.8 Å². The number of hydrogen-bond donors (Lipinski definition) is 0. The van der Waals surface area contributed by atoms with Crippen LogP contribution < -0.4 is 28.4 Å². The summed E-state index contributed by atoms with van der Waals surface area (Å²) in [6, 6.07) is 15.0. The number of carbonyl (C=O) groups is 1. The highest BCUT2D eigenvalue weighted by Crippen LogP contribution is 2.40. The average Bonchev–Trinajstić information content (AvgIpc) is 3.48. The molecule has 2 atom stereocenters. The van der Waals surface area contributed by atoms with E-state index in [1.807, 2.05) is 54.4 Å². The number of hydrogen-bond acceptors (Lipinski definition) is 8. The Balaban J connectivity index is 1.25. The number of nitrogens with zero attached hydrogens (tertiary/aromatic N) is 2. The summed E-state index contributed by atoms with van der Waals surface area (Å²) in [4.78, 5) is 19.8. The number of carbonyl (C=O) groups excluding carboxylic acids is 1. The molecule has 2 aliphatic rings. The maximum Gasteiger partial charge on any atom is 0.256 e. The molecule has 9 nitrogen and oxygen atoms in total. The standard InChI is InChI=1S/C36H44N2O7/c1-8-24(21-43-26-12-11-23(2)31(16-26)45-27-13-14-30(40-5)32(17-27)41-6)36(3,4)22-44-34-19-29-28(18-33(34)42-7)35(39)38-15-9-10-25(38)20-37-29/h11-14,16-20,24-25H,8-10,15,21-22H2,1-7H3. The Kier molecular flexibility index (Phi) is 9.75. The van der Waals surface area contributed by atoms with E-state index in [2.05, 4.69) is 25.8 Å². The summed E-state index contributed by atoms with van der Waals surface area (Å²) < 4.78 is 35.3. The van der Waals surface area contributed by atoms with Gasteiger partial charge in [0.2, 0.25) is 0 Å². The number of aliphatic imine (C=N–C) groups is 1. The first-order valence-electron chi connectivity index (χ1n) is 15.5. The molecule has 240 valence electrons. The molecule has 5 rings (SSSR count). The van der Waals surface area contributed by atoms with Crippen LogP contribution >= 0.6 is 0 Å². The third-order valence-electron chi connectivity index (χ3n) is 8.85. The van der Waals surface area contributed by atoms with Crippen LogP contribution in [-0.2, 0) is 0 Å². The first kappa shape index (κ1) is 32.0. The molecule has 0 N–H and O–H groups in total. The SMILES string of the molecule is CCC(COc1ccc(C)c(Oc2ccc(OC)c(OC)c2)c1)C(C)(C)COc1cc2c(cc1OC)C(=O)N1CCCC1C=N2. The van der Waals surface area contributed by atoms with Gasteiger partial charge in [0.15, 0.2) is 23.0 Å². The lowest BCUT2D eigenvalue weighted by Crippen LogP contribution is -2.35. The molecule has 0 radical (unpaired) electrons. The summed E-state index contributed by atoms with van der Waals surface area (Å²) in [5.41, 5.74) is 1.91. The fourth-order valence-electron chi connectivity index (χ4n) is 5.88. The zero-order valence-electron chi connectivity index (χ0n) is 27.3. The number of fused-ring (bicyclic) bond motifs is 2. The van der Waals surface area contributed by atoms with Crippen molar-refractivity contribution in [3.8, 4) is 40.2 Å². The van der Waals surface area contributed by atoms with Crippen molar-refractivity contribution in [2.24, 2.45) is 16.3 Å². The van der Waals surface area contributed by atoms with Crippen molar-refractivity contribution in [3.05, 3.63) is 59.7 Å². The number of aryl methyl sites for hydroxylation is 1. The molecule has 0 bridgehead atoms. The summed E-state index contributed by atoms with van der Waals surface area (Å²) in [5.74, 6) is 4.58. The molecule has 3 aromatic carbocycles. The highest BCUT2D eigenvalue weighted by atomic mass is 16.5. The van der Waals surface area contributed by atoms with Gasteiger partial charge in [0.1, 0.15) is 17.2 Å². The summed E-state index contributed by atoms with van der Waals surface area (Å²) in [6.07, 6.45) is 4.71. The van der Waals surface area contributed by atoms with Crippen LogP contribution in [0.4, 0.5) is 5.69 Å². The van der Waals surface area contributed by atoms with Gasteiger partial charge in [0.25, 0.3) is 5.91 Å². The maximum absolute atomic E-state index is 13.2. The summed E-state index contributed by atoms with van der Waals surface area (Å²) >= 11 is 0. The monoisotopic (exact) mass is 616 g/mol. The molecule has 2 heterocycles. The molecule has 9 heteroatoms. The minimum atomic E-state index is -0.238. The molecule has 2 aliphatic heterocycles. The van der Waals surface area contributed by atoms with E-state index in [1.165, 1.54) is 0 Å². The zero-order valence-corrected chi connectivity index (χ0v) is 27.3. The maximum atomic E-state index is 13.2. The predicted octanol–water partition coefficient (Wildman–Crippen LogP) is 7.64. The third kappa shape index (κ3) is 6.97.